The first-order valence-electron chi connectivity index (χ1n) is 12.8. The Hall–Kier alpha value is -1.53. The first kappa shape index (κ1) is 24.2. The van der Waals surface area contributed by atoms with E-state index in [1.165, 1.54) is 5.57 Å². The van der Waals surface area contributed by atoms with E-state index in [9.17, 15) is 9.59 Å². The molecule has 1 heterocycles. The number of hydrogen-bond acceptors (Lipinski definition) is 6. The summed E-state index contributed by atoms with van der Waals surface area (Å²) in [6, 6.07) is 0. The summed E-state index contributed by atoms with van der Waals surface area (Å²) in [5.74, 6) is 0.915. The molecular formula is C27H37ClO6. The molecule has 0 unspecified atom stereocenters. The third-order valence-corrected chi connectivity index (χ3v) is 10.3. The highest BCUT2D eigenvalue weighted by atomic mass is 35.5. The molecule has 0 aromatic rings. The fraction of sp³-hybridized carbons (Fsp3) is 0.778. The molecule has 5 rings (SSSR count). The molecule has 188 valence electrons. The van der Waals surface area contributed by atoms with Crippen LogP contribution < -0.4 is 0 Å². The van der Waals surface area contributed by atoms with Crippen molar-refractivity contribution < 1.29 is 28.5 Å². The number of ketones is 1. The van der Waals surface area contributed by atoms with Crippen LogP contribution in [0.25, 0.3) is 0 Å². The Morgan fingerprint density at radius 2 is 1.97 bits per heavy atom. The Bertz CT molecular complexity index is 959. The lowest BCUT2D eigenvalue weighted by Gasteiger charge is -2.56. The van der Waals surface area contributed by atoms with Crippen LogP contribution in [-0.4, -0.2) is 48.3 Å². The summed E-state index contributed by atoms with van der Waals surface area (Å²) in [6.07, 6.45) is 8.06. The molecule has 7 heteroatoms. The van der Waals surface area contributed by atoms with E-state index in [0.717, 1.165) is 31.4 Å². The summed E-state index contributed by atoms with van der Waals surface area (Å²) in [5.41, 5.74) is -0.872. The van der Waals surface area contributed by atoms with Gasteiger partial charge in [-0.3, -0.25) is 4.79 Å². The number of rotatable bonds is 6. The van der Waals surface area contributed by atoms with Gasteiger partial charge in [-0.15, -0.1) is 11.6 Å². The summed E-state index contributed by atoms with van der Waals surface area (Å²) in [7, 11) is 0. The summed E-state index contributed by atoms with van der Waals surface area (Å²) >= 11 is 6.14. The monoisotopic (exact) mass is 492 g/mol. The lowest BCUT2D eigenvalue weighted by molar-refractivity contribution is -0.166. The molecule has 0 aromatic heterocycles. The maximum Gasteiger partial charge on any atom is 0.509 e. The van der Waals surface area contributed by atoms with Gasteiger partial charge in [0.25, 0.3) is 0 Å². The van der Waals surface area contributed by atoms with Crippen molar-refractivity contribution in [1.29, 1.82) is 0 Å². The van der Waals surface area contributed by atoms with Gasteiger partial charge in [-0.1, -0.05) is 26.8 Å². The Morgan fingerprint density at radius 3 is 2.65 bits per heavy atom. The molecule has 5 aliphatic rings. The van der Waals surface area contributed by atoms with Gasteiger partial charge in [0.05, 0.1) is 31.0 Å². The van der Waals surface area contributed by atoms with Crippen LogP contribution in [0, 0.1) is 28.6 Å². The molecule has 0 radical (unpaired) electrons. The van der Waals surface area contributed by atoms with E-state index in [-0.39, 0.29) is 53.1 Å². The van der Waals surface area contributed by atoms with Gasteiger partial charge in [0.15, 0.2) is 11.4 Å². The molecule has 0 amide bonds. The largest absolute Gasteiger partial charge is 0.509 e. The quantitative estimate of drug-likeness (QED) is 0.274. The van der Waals surface area contributed by atoms with Crippen LogP contribution in [0.2, 0.25) is 0 Å². The Kier molecular flexibility index (Phi) is 5.68. The van der Waals surface area contributed by atoms with E-state index < -0.39 is 17.2 Å². The van der Waals surface area contributed by atoms with Gasteiger partial charge < -0.3 is 18.9 Å². The van der Waals surface area contributed by atoms with Crippen LogP contribution in [0.5, 0.6) is 0 Å². The molecule has 0 N–H and O–H groups in total. The number of carbonyl (C=O) groups is 2. The van der Waals surface area contributed by atoms with Gasteiger partial charge in [-0.25, -0.2) is 4.79 Å². The van der Waals surface area contributed by atoms with Gasteiger partial charge in [0.2, 0.25) is 0 Å². The van der Waals surface area contributed by atoms with Crippen LogP contribution in [0.15, 0.2) is 23.5 Å². The second kappa shape index (κ2) is 7.99. The van der Waals surface area contributed by atoms with E-state index in [0.29, 0.717) is 13.0 Å². The highest BCUT2D eigenvalue weighted by Gasteiger charge is 2.82. The predicted molar refractivity (Wildman–Crippen MR) is 127 cm³/mol. The van der Waals surface area contributed by atoms with E-state index in [2.05, 4.69) is 26.0 Å². The number of Topliss-reactive ketones (excluding diaryl/α,β-unsaturated/α-hetero) is 1. The second-order valence-corrected chi connectivity index (χ2v) is 11.5. The van der Waals surface area contributed by atoms with E-state index in [1.807, 2.05) is 13.8 Å². The first-order valence-corrected chi connectivity index (χ1v) is 13.3. The number of carbonyl (C=O) groups excluding carboxylic acids is 2. The van der Waals surface area contributed by atoms with E-state index in [4.69, 9.17) is 30.5 Å². The lowest BCUT2D eigenvalue weighted by atomic mass is 9.47. The van der Waals surface area contributed by atoms with Gasteiger partial charge in [0.1, 0.15) is 5.60 Å². The molecule has 0 aromatic carbocycles. The molecule has 34 heavy (non-hydrogen) atoms. The molecule has 3 fully saturated rings. The minimum absolute atomic E-state index is 0.0214. The minimum atomic E-state index is -1.30. The predicted octanol–water partition coefficient (Wildman–Crippen LogP) is 5.58. The first-order chi connectivity index (χ1) is 16.1. The van der Waals surface area contributed by atoms with Crippen molar-refractivity contribution >= 4 is 23.5 Å². The van der Waals surface area contributed by atoms with Crippen molar-refractivity contribution in [3.63, 3.8) is 0 Å². The Labute approximate surface area is 207 Å². The smallest absolute Gasteiger partial charge is 0.498 e. The number of alkyl halides is 1. The van der Waals surface area contributed by atoms with Crippen molar-refractivity contribution in [3.8, 4) is 0 Å². The molecular weight excluding hydrogens is 456 g/mol. The third-order valence-electron chi connectivity index (χ3n) is 10.0. The van der Waals surface area contributed by atoms with Crippen LogP contribution in [0.4, 0.5) is 4.79 Å². The van der Waals surface area contributed by atoms with Crippen molar-refractivity contribution in [2.45, 2.75) is 84.0 Å². The molecule has 1 saturated heterocycles. The van der Waals surface area contributed by atoms with Crippen LogP contribution >= 0.6 is 11.6 Å². The third kappa shape index (κ3) is 2.84. The molecule has 4 aliphatic carbocycles. The summed E-state index contributed by atoms with van der Waals surface area (Å²) < 4.78 is 23.7. The number of allylic oxidation sites excluding steroid dienone is 3. The average Bonchev–Trinajstić information content (AvgIpc) is 3.47. The van der Waals surface area contributed by atoms with Gasteiger partial charge >= 0.3 is 6.16 Å². The van der Waals surface area contributed by atoms with Gasteiger partial charge in [-0.2, -0.15) is 0 Å². The van der Waals surface area contributed by atoms with Crippen molar-refractivity contribution in [2.75, 3.05) is 19.1 Å². The van der Waals surface area contributed by atoms with Crippen LogP contribution in [0.1, 0.15) is 66.7 Å². The number of halogens is 1. The fourth-order valence-electron chi connectivity index (χ4n) is 8.62. The number of ether oxygens (including phenoxy) is 4. The lowest BCUT2D eigenvalue weighted by Crippen LogP contribution is -2.63. The topological polar surface area (TPSA) is 74.4 Å². The van der Waals surface area contributed by atoms with Crippen LogP contribution in [0.3, 0.4) is 0 Å². The zero-order chi connectivity index (χ0) is 24.5. The number of epoxide rings is 1. The zero-order valence-corrected chi connectivity index (χ0v) is 21.7. The number of fused-ring (bicyclic) bond motifs is 3. The molecule has 1 aliphatic heterocycles. The van der Waals surface area contributed by atoms with Gasteiger partial charge in [-0.05, 0) is 63.0 Å². The normalized spacial score (nSPS) is 46.1. The Morgan fingerprint density at radius 1 is 1.21 bits per heavy atom. The molecule has 0 bridgehead atoms. The molecule has 8 atom stereocenters. The standard InChI is InChI=1S/C27H37ClO6/c1-6-31-18-10-11-24(4)17(13-18)8-9-19-20-12-16(3)26(21(29)15-28,34-23(30)32-7-2)25(20,5)14-22-27(19,24)33-22/h8,13,16,19-20,22H,6-7,9-12,14-15H2,1-5H3/t16-,19-,20-,22-,24-,25-,26-,27+/m0/s1. The maximum absolute atomic E-state index is 13.5. The van der Waals surface area contributed by atoms with Crippen molar-refractivity contribution in [3.05, 3.63) is 23.5 Å². The number of hydrogen-bond donors (Lipinski definition) is 0. The molecule has 6 nitrogen and oxygen atoms in total. The maximum atomic E-state index is 13.5. The summed E-state index contributed by atoms with van der Waals surface area (Å²) in [5, 5.41) is 0. The zero-order valence-electron chi connectivity index (χ0n) is 20.9. The Balaban J connectivity index is 1.55. The van der Waals surface area contributed by atoms with Crippen molar-refractivity contribution in [1.82, 2.24) is 0 Å². The van der Waals surface area contributed by atoms with Crippen LogP contribution in [-0.2, 0) is 23.7 Å². The summed E-state index contributed by atoms with van der Waals surface area (Å²) in [6.45, 7) is 11.1. The average molecular weight is 493 g/mol. The van der Waals surface area contributed by atoms with E-state index >= 15 is 0 Å². The second-order valence-electron chi connectivity index (χ2n) is 11.2. The fourth-order valence-corrected chi connectivity index (χ4v) is 8.82. The summed E-state index contributed by atoms with van der Waals surface area (Å²) in [4.78, 5) is 26.1. The van der Waals surface area contributed by atoms with Gasteiger partial charge in [0, 0.05) is 23.2 Å². The highest BCUT2D eigenvalue weighted by molar-refractivity contribution is 6.29. The SMILES string of the molecule is CCOC(=O)O[C@]1(C(=O)CCl)[C@@H](C)C[C@H]2[C@@H]3CC=C4C=C(OCC)CC[C@]4(C)[C@@]34O[C@H]4C[C@@]21C. The minimum Gasteiger partial charge on any atom is -0.498 e. The van der Waals surface area contributed by atoms with E-state index in [1.54, 1.807) is 6.92 Å². The van der Waals surface area contributed by atoms with Crippen molar-refractivity contribution in [2.24, 2.45) is 28.6 Å². The molecule has 2 saturated carbocycles. The highest BCUT2D eigenvalue weighted by Crippen LogP contribution is 2.77. The molecule has 1 spiro atoms.